The molecule has 106 valence electrons. The van der Waals surface area contributed by atoms with E-state index in [-0.39, 0.29) is 11.8 Å². The minimum Gasteiger partial charge on any atom is -0.398 e. The van der Waals surface area contributed by atoms with Crippen molar-refractivity contribution in [2.75, 3.05) is 11.5 Å². The predicted octanol–water partition coefficient (Wildman–Crippen LogP) is 3.84. The monoisotopic (exact) mass is 284 g/mol. The molecule has 0 saturated heterocycles. The predicted molar refractivity (Wildman–Crippen MR) is 90.0 cm³/mol. The summed E-state index contributed by atoms with van der Waals surface area (Å²) < 4.78 is 0. The van der Waals surface area contributed by atoms with Gasteiger partial charge < -0.3 is 11.5 Å². The first-order valence-electron chi connectivity index (χ1n) is 7.62. The number of anilines is 2. The number of nitrogen functional groups attached to an aromatic ring is 2. The molecule has 3 aliphatic carbocycles. The number of hydrogen-bond acceptors (Lipinski definition) is 2. The molecule has 0 radical (unpaired) electrons. The van der Waals surface area contributed by atoms with Gasteiger partial charge >= 0.3 is 0 Å². The van der Waals surface area contributed by atoms with Gasteiger partial charge in [-0.25, -0.2) is 0 Å². The molecule has 22 heavy (non-hydrogen) atoms. The van der Waals surface area contributed by atoms with E-state index in [0.29, 0.717) is 0 Å². The SMILES string of the molecule is Nc1cccc2c1C1c3ccccc3C2c2c(N)cccc21. The third-order valence-electron chi connectivity index (χ3n) is 5.16. The van der Waals surface area contributed by atoms with E-state index in [2.05, 4.69) is 48.5 Å². The van der Waals surface area contributed by atoms with Crippen LogP contribution in [0.5, 0.6) is 0 Å². The maximum absolute atomic E-state index is 6.35. The smallest absolute Gasteiger partial charge is 0.0370 e. The number of benzene rings is 3. The molecule has 2 bridgehead atoms. The van der Waals surface area contributed by atoms with E-state index >= 15 is 0 Å². The van der Waals surface area contributed by atoms with Crippen molar-refractivity contribution in [2.45, 2.75) is 11.8 Å². The first-order valence-corrected chi connectivity index (χ1v) is 7.62. The molecule has 4 N–H and O–H groups in total. The highest BCUT2D eigenvalue weighted by Crippen LogP contribution is 2.58. The molecular formula is C20H16N2. The van der Waals surface area contributed by atoms with Gasteiger partial charge in [0.15, 0.2) is 0 Å². The molecule has 0 aliphatic heterocycles. The lowest BCUT2D eigenvalue weighted by Crippen LogP contribution is -2.29. The topological polar surface area (TPSA) is 52.0 Å². The van der Waals surface area contributed by atoms with Gasteiger partial charge in [0.25, 0.3) is 0 Å². The van der Waals surface area contributed by atoms with Gasteiger partial charge in [-0.15, -0.1) is 0 Å². The third kappa shape index (κ3) is 1.26. The Balaban J connectivity index is 1.96. The molecular weight excluding hydrogens is 268 g/mol. The molecule has 0 heterocycles. The van der Waals surface area contributed by atoms with Crippen molar-refractivity contribution in [2.24, 2.45) is 0 Å². The molecule has 2 atom stereocenters. The van der Waals surface area contributed by atoms with Gasteiger partial charge in [0.2, 0.25) is 0 Å². The minimum atomic E-state index is 0.205. The van der Waals surface area contributed by atoms with Crippen LogP contribution in [0.25, 0.3) is 0 Å². The van der Waals surface area contributed by atoms with Crippen LogP contribution in [0.3, 0.4) is 0 Å². The van der Waals surface area contributed by atoms with Crippen molar-refractivity contribution in [1.29, 1.82) is 0 Å². The molecule has 0 aromatic heterocycles. The molecule has 0 fully saturated rings. The zero-order valence-corrected chi connectivity index (χ0v) is 12.1. The van der Waals surface area contributed by atoms with Gasteiger partial charge in [-0.05, 0) is 45.5 Å². The van der Waals surface area contributed by atoms with Gasteiger partial charge in [-0.1, -0.05) is 48.5 Å². The number of nitrogens with two attached hydrogens (primary N) is 2. The quantitative estimate of drug-likeness (QED) is 0.424. The second kappa shape index (κ2) is 3.92. The lowest BCUT2D eigenvalue weighted by Gasteiger charge is -2.43. The fourth-order valence-electron chi connectivity index (χ4n) is 4.37. The van der Waals surface area contributed by atoms with E-state index in [1.54, 1.807) is 0 Å². The highest BCUT2D eigenvalue weighted by Gasteiger charge is 2.42. The molecule has 2 nitrogen and oxygen atoms in total. The minimum absolute atomic E-state index is 0.205. The summed E-state index contributed by atoms with van der Waals surface area (Å²) in [5, 5.41) is 0. The summed E-state index contributed by atoms with van der Waals surface area (Å²) in [6.07, 6.45) is 0. The Morgan fingerprint density at radius 3 is 1.36 bits per heavy atom. The van der Waals surface area contributed by atoms with Crippen LogP contribution >= 0.6 is 0 Å². The first-order chi connectivity index (χ1) is 10.8. The summed E-state index contributed by atoms with van der Waals surface area (Å²) in [6.45, 7) is 0. The Kier molecular flexibility index (Phi) is 2.11. The van der Waals surface area contributed by atoms with Crippen LogP contribution in [0.1, 0.15) is 45.2 Å². The average Bonchev–Trinajstić information content (AvgIpc) is 2.55. The molecule has 3 aromatic carbocycles. The maximum Gasteiger partial charge on any atom is 0.0370 e. The Labute approximate surface area is 129 Å². The third-order valence-corrected chi connectivity index (χ3v) is 5.16. The largest absolute Gasteiger partial charge is 0.398 e. The van der Waals surface area contributed by atoms with Crippen molar-refractivity contribution < 1.29 is 0 Å². The van der Waals surface area contributed by atoms with E-state index in [1.807, 2.05) is 12.1 Å². The second-order valence-electron chi connectivity index (χ2n) is 6.20. The van der Waals surface area contributed by atoms with Gasteiger partial charge in [0, 0.05) is 23.2 Å². The first kappa shape index (κ1) is 11.9. The Morgan fingerprint density at radius 2 is 0.909 bits per heavy atom. The van der Waals surface area contributed by atoms with Gasteiger partial charge in [-0.2, -0.15) is 0 Å². The van der Waals surface area contributed by atoms with Crippen LogP contribution in [0.4, 0.5) is 11.4 Å². The van der Waals surface area contributed by atoms with Crippen molar-refractivity contribution in [1.82, 2.24) is 0 Å². The summed E-state index contributed by atoms with van der Waals surface area (Å²) >= 11 is 0. The molecule has 0 saturated carbocycles. The van der Waals surface area contributed by atoms with Crippen molar-refractivity contribution in [3.8, 4) is 0 Å². The lowest BCUT2D eigenvalue weighted by molar-refractivity contribution is 0.759. The van der Waals surface area contributed by atoms with Crippen LogP contribution in [0.2, 0.25) is 0 Å². The Hall–Kier alpha value is -2.74. The summed E-state index contributed by atoms with van der Waals surface area (Å²) in [4.78, 5) is 0. The highest BCUT2D eigenvalue weighted by molar-refractivity contribution is 5.76. The zero-order chi connectivity index (χ0) is 14.8. The van der Waals surface area contributed by atoms with Gasteiger partial charge in [-0.3, -0.25) is 0 Å². The number of hydrogen-bond donors (Lipinski definition) is 2. The molecule has 6 rings (SSSR count). The van der Waals surface area contributed by atoms with E-state index in [9.17, 15) is 0 Å². The highest BCUT2D eigenvalue weighted by atomic mass is 14.6. The number of rotatable bonds is 0. The Bertz CT molecular complexity index is 850. The molecule has 3 aromatic rings. The molecule has 2 unspecified atom stereocenters. The zero-order valence-electron chi connectivity index (χ0n) is 12.1. The molecule has 3 aliphatic rings. The van der Waals surface area contributed by atoms with Crippen LogP contribution in [0.15, 0.2) is 60.7 Å². The summed E-state index contributed by atoms with van der Waals surface area (Å²) in [5.41, 5.74) is 22.4. The molecule has 2 heteroatoms. The van der Waals surface area contributed by atoms with E-state index in [1.165, 1.54) is 33.4 Å². The average molecular weight is 284 g/mol. The van der Waals surface area contributed by atoms with E-state index in [4.69, 9.17) is 11.5 Å². The van der Waals surface area contributed by atoms with Gasteiger partial charge in [0.05, 0.1) is 0 Å². The van der Waals surface area contributed by atoms with Crippen LogP contribution in [0, 0.1) is 0 Å². The van der Waals surface area contributed by atoms with Crippen LogP contribution in [-0.2, 0) is 0 Å². The Morgan fingerprint density at radius 1 is 0.500 bits per heavy atom. The molecule has 0 amide bonds. The van der Waals surface area contributed by atoms with Crippen molar-refractivity contribution in [3.63, 3.8) is 0 Å². The summed E-state index contributed by atoms with van der Waals surface area (Å²) in [6, 6.07) is 21.2. The van der Waals surface area contributed by atoms with Crippen LogP contribution in [-0.4, -0.2) is 0 Å². The second-order valence-corrected chi connectivity index (χ2v) is 6.20. The van der Waals surface area contributed by atoms with Crippen LogP contribution < -0.4 is 11.5 Å². The summed E-state index contributed by atoms with van der Waals surface area (Å²) in [5.74, 6) is 0.409. The molecule has 0 spiro atoms. The van der Waals surface area contributed by atoms with E-state index in [0.717, 1.165) is 11.4 Å². The fourth-order valence-corrected chi connectivity index (χ4v) is 4.37. The van der Waals surface area contributed by atoms with Crippen molar-refractivity contribution in [3.05, 3.63) is 94.0 Å². The fraction of sp³-hybridized carbons (Fsp3) is 0.100. The van der Waals surface area contributed by atoms with Gasteiger partial charge in [0.1, 0.15) is 0 Å². The van der Waals surface area contributed by atoms with Crippen molar-refractivity contribution >= 4 is 11.4 Å². The standard InChI is InChI=1S/C20H16N2/c21-15-9-4-8-14-18-12-6-2-1-5-11(12)17(19(14)15)13-7-3-10-16(22)20(13)18/h1-10,17-18H,21-22H2. The normalized spacial score (nSPS) is 20.2. The summed E-state index contributed by atoms with van der Waals surface area (Å²) in [7, 11) is 0. The van der Waals surface area contributed by atoms with E-state index < -0.39 is 0 Å². The maximum atomic E-state index is 6.35. The lowest BCUT2D eigenvalue weighted by atomic mass is 9.60.